The van der Waals surface area contributed by atoms with Gasteiger partial charge in [-0.15, -0.1) is 0 Å². The molecule has 0 atom stereocenters. The number of anilines is 1. The third-order valence-electron chi connectivity index (χ3n) is 6.71. The molecular weight excluding hydrogens is 486 g/mol. The number of hydrogen-bond donors (Lipinski definition) is 2. The van der Waals surface area contributed by atoms with Gasteiger partial charge in [-0.2, -0.15) is 9.97 Å². The third-order valence-corrected chi connectivity index (χ3v) is 6.71. The molecule has 6 rings (SSSR count). The van der Waals surface area contributed by atoms with Gasteiger partial charge in [-0.05, 0) is 34.4 Å². The molecule has 39 heavy (non-hydrogen) atoms. The van der Waals surface area contributed by atoms with Crippen molar-refractivity contribution in [2.45, 2.75) is 12.1 Å². The summed E-state index contributed by atoms with van der Waals surface area (Å²) < 4.78 is 11.6. The van der Waals surface area contributed by atoms with Gasteiger partial charge in [-0.3, -0.25) is 0 Å². The van der Waals surface area contributed by atoms with Crippen LogP contribution in [0.5, 0.6) is 11.6 Å². The Morgan fingerprint density at radius 1 is 0.718 bits per heavy atom. The zero-order valence-corrected chi connectivity index (χ0v) is 21.4. The van der Waals surface area contributed by atoms with Gasteiger partial charge in [0.25, 0.3) is 0 Å². The van der Waals surface area contributed by atoms with Crippen molar-refractivity contribution in [3.63, 3.8) is 0 Å². The van der Waals surface area contributed by atoms with Crippen LogP contribution >= 0.6 is 0 Å². The van der Waals surface area contributed by atoms with E-state index in [1.165, 1.54) is 0 Å². The second kappa shape index (κ2) is 10.7. The highest BCUT2D eigenvalue weighted by molar-refractivity contribution is 5.77. The van der Waals surface area contributed by atoms with Crippen LogP contribution in [0.15, 0.2) is 122 Å². The van der Waals surface area contributed by atoms with Crippen molar-refractivity contribution < 1.29 is 9.47 Å². The number of hydrogen-bond acceptors (Lipinski definition) is 6. The van der Waals surface area contributed by atoms with Crippen LogP contribution in [0.2, 0.25) is 0 Å². The number of imidazole rings is 1. The van der Waals surface area contributed by atoms with Gasteiger partial charge >= 0.3 is 0 Å². The minimum atomic E-state index is -0.824. The van der Waals surface area contributed by atoms with E-state index in [2.05, 4.69) is 51.7 Å². The summed E-state index contributed by atoms with van der Waals surface area (Å²) in [6.45, 7) is 0.367. The Kier molecular flexibility index (Phi) is 6.62. The molecule has 0 unspecified atom stereocenters. The number of rotatable bonds is 9. The third kappa shape index (κ3) is 4.78. The summed E-state index contributed by atoms with van der Waals surface area (Å²) in [4.78, 5) is 17.2. The molecule has 0 aliphatic heterocycles. The van der Waals surface area contributed by atoms with Crippen molar-refractivity contribution >= 4 is 17.1 Å². The van der Waals surface area contributed by atoms with Gasteiger partial charge in [0, 0.05) is 0 Å². The molecule has 0 amide bonds. The smallest absolute Gasteiger partial charge is 0.245 e. The van der Waals surface area contributed by atoms with Crippen molar-refractivity contribution in [1.29, 1.82) is 0 Å². The van der Waals surface area contributed by atoms with Crippen molar-refractivity contribution in [2.75, 3.05) is 12.4 Å². The Labute approximate surface area is 226 Å². The van der Waals surface area contributed by atoms with Crippen LogP contribution in [0.3, 0.4) is 0 Å². The number of ether oxygens (including phenoxy) is 2. The summed E-state index contributed by atoms with van der Waals surface area (Å²) >= 11 is 0. The molecule has 2 heterocycles. The lowest BCUT2D eigenvalue weighted by molar-refractivity contribution is 0.297. The maximum atomic E-state index is 6.19. The summed E-state index contributed by atoms with van der Waals surface area (Å²) in [5.41, 5.74) is 4.43. The summed E-state index contributed by atoms with van der Waals surface area (Å²) in [5.74, 6) is 1.59. The molecule has 0 saturated carbocycles. The van der Waals surface area contributed by atoms with E-state index in [0.717, 1.165) is 28.0 Å². The highest BCUT2D eigenvalue weighted by Crippen LogP contribution is 2.40. The van der Waals surface area contributed by atoms with E-state index in [1.54, 1.807) is 13.4 Å². The van der Waals surface area contributed by atoms with E-state index in [-0.39, 0.29) is 0 Å². The zero-order chi connectivity index (χ0) is 26.5. The minimum Gasteiger partial charge on any atom is -0.497 e. The van der Waals surface area contributed by atoms with Crippen molar-refractivity contribution in [2.24, 2.45) is 0 Å². The lowest BCUT2D eigenvalue weighted by Gasteiger charge is -2.37. The first kappa shape index (κ1) is 24.2. The van der Waals surface area contributed by atoms with Gasteiger partial charge in [0.15, 0.2) is 5.65 Å². The van der Waals surface area contributed by atoms with E-state index in [9.17, 15) is 0 Å². The molecule has 192 valence electrons. The number of nitrogens with one attached hydrogen (secondary N) is 2. The number of aromatic nitrogens is 4. The largest absolute Gasteiger partial charge is 0.497 e. The fourth-order valence-corrected chi connectivity index (χ4v) is 4.79. The molecule has 0 bridgehead atoms. The van der Waals surface area contributed by atoms with Crippen LogP contribution in [0, 0.1) is 0 Å². The van der Waals surface area contributed by atoms with Crippen molar-refractivity contribution in [3.8, 4) is 11.6 Å². The molecular formula is C32H27N5O2. The summed E-state index contributed by atoms with van der Waals surface area (Å²) in [6, 6.07) is 38.6. The fraction of sp³-hybridized carbons (Fsp3) is 0.0938. The number of aromatic amines is 1. The van der Waals surface area contributed by atoms with Gasteiger partial charge < -0.3 is 19.8 Å². The predicted molar refractivity (Wildman–Crippen MR) is 152 cm³/mol. The molecule has 7 heteroatoms. The van der Waals surface area contributed by atoms with Gasteiger partial charge in [0.05, 0.1) is 13.4 Å². The number of methoxy groups -OCH3 is 1. The van der Waals surface area contributed by atoms with Crippen LogP contribution < -0.4 is 14.8 Å². The monoisotopic (exact) mass is 513 g/mol. The highest BCUT2D eigenvalue weighted by Gasteiger charge is 2.37. The normalized spacial score (nSPS) is 11.3. The highest BCUT2D eigenvalue weighted by atomic mass is 16.5. The number of fused-ring (bicyclic) bond motifs is 1. The van der Waals surface area contributed by atoms with Crippen molar-refractivity contribution in [3.05, 3.63) is 144 Å². The Balaban J connectivity index is 1.50. The van der Waals surface area contributed by atoms with Crippen LogP contribution in [0.25, 0.3) is 11.2 Å². The summed E-state index contributed by atoms with van der Waals surface area (Å²) in [5, 5.41) is 3.70. The van der Waals surface area contributed by atoms with Crippen molar-refractivity contribution in [1.82, 2.24) is 19.9 Å². The minimum absolute atomic E-state index is 0.367. The molecule has 2 N–H and O–H groups in total. The van der Waals surface area contributed by atoms with E-state index in [0.29, 0.717) is 29.6 Å². The average molecular weight is 514 g/mol. The van der Waals surface area contributed by atoms with Crippen LogP contribution in [-0.4, -0.2) is 27.0 Å². The predicted octanol–water partition coefficient (Wildman–Crippen LogP) is 6.34. The molecule has 4 aromatic carbocycles. The van der Waals surface area contributed by atoms with E-state index in [1.807, 2.05) is 78.9 Å². The zero-order valence-electron chi connectivity index (χ0n) is 21.4. The van der Waals surface area contributed by atoms with Crippen LogP contribution in [0.4, 0.5) is 5.95 Å². The van der Waals surface area contributed by atoms with Crippen LogP contribution in [0.1, 0.15) is 22.3 Å². The Bertz CT molecular complexity index is 1610. The summed E-state index contributed by atoms with van der Waals surface area (Å²) in [6.07, 6.45) is 1.60. The molecule has 0 saturated heterocycles. The van der Waals surface area contributed by atoms with Gasteiger partial charge in [0.2, 0.25) is 11.8 Å². The Morgan fingerprint density at radius 3 is 1.92 bits per heavy atom. The maximum Gasteiger partial charge on any atom is 0.245 e. The molecule has 0 radical (unpaired) electrons. The number of benzene rings is 4. The molecule has 7 nitrogen and oxygen atoms in total. The average Bonchev–Trinajstić information content (AvgIpc) is 3.49. The number of nitrogens with zero attached hydrogens (tertiary/aromatic N) is 3. The second-order valence-electron chi connectivity index (χ2n) is 9.06. The topological polar surface area (TPSA) is 85.0 Å². The lowest BCUT2D eigenvalue weighted by Crippen LogP contribution is -2.38. The second-order valence-corrected chi connectivity index (χ2v) is 9.06. The van der Waals surface area contributed by atoms with E-state index < -0.39 is 5.54 Å². The van der Waals surface area contributed by atoms with E-state index >= 15 is 0 Å². The molecule has 0 aliphatic carbocycles. The quantitative estimate of drug-likeness (QED) is 0.219. The number of H-pyrrole nitrogens is 1. The maximum absolute atomic E-state index is 6.19. The van der Waals surface area contributed by atoms with Gasteiger partial charge in [-0.1, -0.05) is 103 Å². The first-order chi connectivity index (χ1) is 19.3. The summed E-state index contributed by atoms with van der Waals surface area (Å²) in [7, 11) is 1.67. The van der Waals surface area contributed by atoms with Crippen LogP contribution in [-0.2, 0) is 12.1 Å². The molecule has 0 spiro atoms. The van der Waals surface area contributed by atoms with Gasteiger partial charge in [0.1, 0.15) is 23.4 Å². The molecule has 0 fully saturated rings. The fourth-order valence-electron chi connectivity index (χ4n) is 4.79. The first-order valence-electron chi connectivity index (χ1n) is 12.7. The Morgan fingerprint density at radius 2 is 1.31 bits per heavy atom. The van der Waals surface area contributed by atoms with Gasteiger partial charge in [-0.25, -0.2) is 4.98 Å². The first-order valence-corrected chi connectivity index (χ1v) is 12.7. The van der Waals surface area contributed by atoms with E-state index in [4.69, 9.17) is 19.4 Å². The molecule has 0 aliphatic rings. The molecule has 6 aromatic rings. The SMILES string of the molecule is COc1ccc(C(Nc2nc(OCc3ccccc3)c3[nH]cnc3n2)(c2ccccc2)c2ccccc2)cc1. The molecule has 2 aromatic heterocycles. The Hall–Kier alpha value is -5.17. The lowest BCUT2D eigenvalue weighted by atomic mass is 9.77. The standard InChI is InChI=1S/C32H27N5O2/c1-38-27-19-17-26(18-20-27)32(24-13-7-3-8-14-24,25-15-9-4-10-16-25)37-31-35-29-28(33-22-34-29)30(36-31)39-21-23-11-5-2-6-12-23/h2-20,22H,21H2,1H3,(H2,33,34,35,36,37).